The van der Waals surface area contributed by atoms with E-state index in [4.69, 9.17) is 0 Å². The Morgan fingerprint density at radius 2 is 2.07 bits per heavy atom. The number of aromatic nitrogens is 2. The molecule has 0 amide bonds. The molecule has 2 heterocycles. The van der Waals surface area contributed by atoms with Crippen LogP contribution >= 0.6 is 15.9 Å². The zero-order chi connectivity index (χ0) is 11.1. The van der Waals surface area contributed by atoms with E-state index < -0.39 is 0 Å². The van der Waals surface area contributed by atoms with Crippen molar-refractivity contribution in [1.82, 2.24) is 9.38 Å². The summed E-state index contributed by atoms with van der Waals surface area (Å²) < 4.78 is 3.22. The van der Waals surface area contributed by atoms with E-state index in [2.05, 4.69) is 52.2 Å². The molecular formula is C12H15BrN2. The van der Waals surface area contributed by atoms with Crippen LogP contribution in [0.3, 0.4) is 0 Å². The fourth-order valence-electron chi connectivity index (χ4n) is 1.67. The number of halogens is 1. The molecule has 80 valence electrons. The standard InChI is InChI=1S/C12H15BrN2/c1-12(2,3)7-11-14-8-9-5-4-6-10(13)15(9)11/h4-6,8H,7H2,1-3H3. The van der Waals surface area contributed by atoms with Gasteiger partial charge in [0.25, 0.3) is 0 Å². The molecule has 0 saturated carbocycles. The zero-order valence-electron chi connectivity index (χ0n) is 9.29. The first-order valence-corrected chi connectivity index (χ1v) is 5.87. The monoisotopic (exact) mass is 266 g/mol. The number of hydrogen-bond donors (Lipinski definition) is 0. The second kappa shape index (κ2) is 3.63. The van der Waals surface area contributed by atoms with E-state index in [1.165, 1.54) is 0 Å². The van der Waals surface area contributed by atoms with Gasteiger partial charge < -0.3 is 0 Å². The van der Waals surface area contributed by atoms with E-state index >= 15 is 0 Å². The Labute approximate surface area is 98.5 Å². The van der Waals surface area contributed by atoms with Gasteiger partial charge in [-0.15, -0.1) is 0 Å². The quantitative estimate of drug-likeness (QED) is 0.720. The second-order valence-electron chi connectivity index (χ2n) is 5.02. The van der Waals surface area contributed by atoms with Gasteiger partial charge in [-0.3, -0.25) is 4.40 Å². The molecule has 0 radical (unpaired) electrons. The first kappa shape index (κ1) is 10.7. The van der Waals surface area contributed by atoms with E-state index in [0.29, 0.717) is 0 Å². The normalized spacial score (nSPS) is 12.3. The summed E-state index contributed by atoms with van der Waals surface area (Å²) in [6.45, 7) is 6.68. The van der Waals surface area contributed by atoms with Crippen LogP contribution < -0.4 is 0 Å². The first-order chi connectivity index (χ1) is 6.97. The highest BCUT2D eigenvalue weighted by atomic mass is 79.9. The van der Waals surface area contributed by atoms with E-state index in [9.17, 15) is 0 Å². The van der Waals surface area contributed by atoms with Crippen molar-refractivity contribution < 1.29 is 0 Å². The van der Waals surface area contributed by atoms with Crippen molar-refractivity contribution in [2.45, 2.75) is 27.2 Å². The lowest BCUT2D eigenvalue weighted by molar-refractivity contribution is 0.399. The molecule has 0 unspecified atom stereocenters. The number of imidazole rings is 1. The summed E-state index contributed by atoms with van der Waals surface area (Å²) in [4.78, 5) is 4.47. The van der Waals surface area contributed by atoms with Crippen LogP contribution in [0.4, 0.5) is 0 Å². The van der Waals surface area contributed by atoms with Crippen LogP contribution in [0.2, 0.25) is 0 Å². The molecular weight excluding hydrogens is 252 g/mol. The Kier molecular flexibility index (Phi) is 2.59. The summed E-state index contributed by atoms with van der Waals surface area (Å²) in [5.74, 6) is 1.12. The van der Waals surface area contributed by atoms with Gasteiger partial charge in [0.1, 0.15) is 5.82 Å². The van der Waals surface area contributed by atoms with Crippen molar-refractivity contribution in [2.75, 3.05) is 0 Å². The summed E-state index contributed by atoms with van der Waals surface area (Å²) in [6, 6.07) is 6.15. The van der Waals surface area contributed by atoms with Gasteiger partial charge in [-0.2, -0.15) is 0 Å². The van der Waals surface area contributed by atoms with E-state index in [0.717, 1.165) is 22.4 Å². The highest BCUT2D eigenvalue weighted by Crippen LogP contribution is 2.23. The molecule has 0 fully saturated rings. The molecule has 0 aromatic carbocycles. The fraction of sp³-hybridized carbons (Fsp3) is 0.417. The van der Waals surface area contributed by atoms with Crippen molar-refractivity contribution in [1.29, 1.82) is 0 Å². The molecule has 0 aliphatic carbocycles. The Morgan fingerprint density at radius 1 is 1.33 bits per heavy atom. The minimum Gasteiger partial charge on any atom is -0.291 e. The molecule has 0 spiro atoms. The van der Waals surface area contributed by atoms with Gasteiger partial charge >= 0.3 is 0 Å². The maximum atomic E-state index is 4.47. The van der Waals surface area contributed by atoms with Gasteiger partial charge in [-0.05, 0) is 33.5 Å². The SMILES string of the molecule is CC(C)(C)Cc1ncc2cccc(Br)n12. The van der Waals surface area contributed by atoms with Gasteiger partial charge in [-0.1, -0.05) is 26.8 Å². The maximum Gasteiger partial charge on any atom is 0.114 e. The molecule has 2 aromatic rings. The topological polar surface area (TPSA) is 17.3 Å². The van der Waals surface area contributed by atoms with Crippen molar-refractivity contribution in [3.63, 3.8) is 0 Å². The van der Waals surface area contributed by atoms with Crippen LogP contribution in [-0.2, 0) is 6.42 Å². The van der Waals surface area contributed by atoms with Crippen LogP contribution in [-0.4, -0.2) is 9.38 Å². The lowest BCUT2D eigenvalue weighted by Gasteiger charge is -2.17. The van der Waals surface area contributed by atoms with Crippen molar-refractivity contribution >= 4 is 21.4 Å². The molecule has 0 bridgehead atoms. The number of nitrogens with zero attached hydrogens (tertiary/aromatic N) is 2. The third-order valence-corrected chi connectivity index (χ3v) is 2.88. The molecule has 0 aliphatic heterocycles. The van der Waals surface area contributed by atoms with Gasteiger partial charge in [0.05, 0.1) is 16.3 Å². The van der Waals surface area contributed by atoms with Gasteiger partial charge in [0, 0.05) is 6.42 Å². The molecule has 2 nitrogen and oxygen atoms in total. The smallest absolute Gasteiger partial charge is 0.114 e. The Bertz CT molecular complexity index is 480. The van der Waals surface area contributed by atoms with Crippen molar-refractivity contribution in [2.24, 2.45) is 5.41 Å². The Morgan fingerprint density at radius 3 is 2.73 bits per heavy atom. The van der Waals surface area contributed by atoms with Crippen LogP contribution in [0.25, 0.3) is 5.52 Å². The molecule has 2 aromatic heterocycles. The number of fused-ring (bicyclic) bond motifs is 1. The highest BCUT2D eigenvalue weighted by molar-refractivity contribution is 9.10. The van der Waals surface area contributed by atoms with Gasteiger partial charge in [0.2, 0.25) is 0 Å². The van der Waals surface area contributed by atoms with Crippen LogP contribution in [0.1, 0.15) is 26.6 Å². The summed E-state index contributed by atoms with van der Waals surface area (Å²) >= 11 is 3.56. The van der Waals surface area contributed by atoms with Crippen LogP contribution in [0.5, 0.6) is 0 Å². The third kappa shape index (κ3) is 2.23. The van der Waals surface area contributed by atoms with Crippen LogP contribution in [0.15, 0.2) is 29.0 Å². The molecule has 0 saturated heterocycles. The number of rotatable bonds is 1. The second-order valence-corrected chi connectivity index (χ2v) is 5.83. The third-order valence-electron chi connectivity index (χ3n) is 2.26. The number of hydrogen-bond acceptors (Lipinski definition) is 1. The average molecular weight is 267 g/mol. The van der Waals surface area contributed by atoms with Crippen molar-refractivity contribution in [3.05, 3.63) is 34.8 Å². The van der Waals surface area contributed by atoms with Crippen molar-refractivity contribution in [3.8, 4) is 0 Å². The average Bonchev–Trinajstić information content (AvgIpc) is 2.47. The van der Waals surface area contributed by atoms with Gasteiger partial charge in [-0.25, -0.2) is 4.98 Å². The summed E-state index contributed by atoms with van der Waals surface area (Å²) in [6.07, 6.45) is 2.90. The molecule has 3 heteroatoms. The minimum atomic E-state index is 0.260. The summed E-state index contributed by atoms with van der Waals surface area (Å²) in [5.41, 5.74) is 1.40. The molecule has 15 heavy (non-hydrogen) atoms. The fourth-order valence-corrected chi connectivity index (χ4v) is 2.23. The van der Waals surface area contributed by atoms with Gasteiger partial charge in [0.15, 0.2) is 0 Å². The van der Waals surface area contributed by atoms with E-state index in [1.54, 1.807) is 0 Å². The lowest BCUT2D eigenvalue weighted by atomic mass is 9.92. The predicted molar refractivity (Wildman–Crippen MR) is 66.1 cm³/mol. The van der Waals surface area contributed by atoms with E-state index in [1.807, 2.05) is 18.3 Å². The predicted octanol–water partition coefficient (Wildman–Crippen LogP) is 3.69. The van der Waals surface area contributed by atoms with Crippen LogP contribution in [0, 0.1) is 5.41 Å². The summed E-state index contributed by atoms with van der Waals surface area (Å²) in [7, 11) is 0. The van der Waals surface area contributed by atoms with E-state index in [-0.39, 0.29) is 5.41 Å². The Balaban J connectivity index is 2.53. The molecule has 2 rings (SSSR count). The highest BCUT2D eigenvalue weighted by Gasteiger charge is 2.15. The summed E-state index contributed by atoms with van der Waals surface area (Å²) in [5, 5.41) is 0. The molecule has 0 aliphatic rings. The first-order valence-electron chi connectivity index (χ1n) is 5.08. The Hall–Kier alpha value is -0.830. The molecule has 0 N–H and O–H groups in total. The zero-order valence-corrected chi connectivity index (χ0v) is 10.9. The minimum absolute atomic E-state index is 0.260. The lowest BCUT2D eigenvalue weighted by Crippen LogP contribution is -2.12. The largest absolute Gasteiger partial charge is 0.291 e. The molecule has 0 atom stereocenters. The maximum absolute atomic E-state index is 4.47. The number of pyridine rings is 1.